The first-order valence-electron chi connectivity index (χ1n) is 6.97. The van der Waals surface area contributed by atoms with Gasteiger partial charge in [-0.05, 0) is 38.4 Å². The number of likely N-dealkylation sites (N-methyl/N-ethyl adjacent to an activating group) is 1. The van der Waals surface area contributed by atoms with Crippen molar-refractivity contribution in [2.75, 3.05) is 37.8 Å². The average molecular weight is 302 g/mol. The number of anilines is 2. The van der Waals surface area contributed by atoms with Crippen LogP contribution in [-0.2, 0) is 0 Å². The third-order valence-corrected chi connectivity index (χ3v) is 3.01. The molecule has 0 saturated carbocycles. The van der Waals surface area contributed by atoms with Gasteiger partial charge in [0.15, 0.2) is 0 Å². The molecule has 0 atom stereocenters. The molecule has 0 bridgehead atoms. The Hall–Kier alpha value is -2.47. The molecule has 0 aliphatic heterocycles. The lowest BCUT2D eigenvalue weighted by Gasteiger charge is -2.11. The highest BCUT2D eigenvalue weighted by atomic mass is 19.1. The fourth-order valence-electron chi connectivity index (χ4n) is 1.81. The second-order valence-corrected chi connectivity index (χ2v) is 5.10. The number of para-hydroxylation sites is 1. The van der Waals surface area contributed by atoms with Crippen LogP contribution in [0.15, 0.2) is 42.6 Å². The van der Waals surface area contributed by atoms with Gasteiger partial charge in [-0.2, -0.15) is 0 Å². The van der Waals surface area contributed by atoms with Crippen LogP contribution in [0.1, 0.15) is 10.5 Å². The molecule has 1 aromatic heterocycles. The van der Waals surface area contributed by atoms with Gasteiger partial charge in [0, 0.05) is 13.1 Å². The Morgan fingerprint density at radius 1 is 1.23 bits per heavy atom. The van der Waals surface area contributed by atoms with Crippen molar-refractivity contribution in [1.82, 2.24) is 9.88 Å². The predicted octanol–water partition coefficient (Wildman–Crippen LogP) is 2.45. The molecule has 0 saturated heterocycles. The highest BCUT2D eigenvalue weighted by molar-refractivity contribution is 6.03. The molecule has 2 rings (SSSR count). The van der Waals surface area contributed by atoms with Gasteiger partial charge < -0.3 is 15.5 Å². The molecule has 0 fully saturated rings. The van der Waals surface area contributed by atoms with Gasteiger partial charge in [0.05, 0.1) is 17.6 Å². The Labute approximate surface area is 129 Å². The number of nitrogens with one attached hydrogen (secondary N) is 2. The molecule has 0 spiro atoms. The lowest BCUT2D eigenvalue weighted by atomic mass is 10.2. The SMILES string of the molecule is CN(C)CCNc1ccc(C(=O)Nc2ccccc2F)nc1. The Morgan fingerprint density at radius 3 is 2.64 bits per heavy atom. The topological polar surface area (TPSA) is 57.3 Å². The summed E-state index contributed by atoms with van der Waals surface area (Å²) in [5.41, 5.74) is 1.22. The van der Waals surface area contributed by atoms with Crippen LogP contribution < -0.4 is 10.6 Å². The molecule has 1 amide bonds. The molecular weight excluding hydrogens is 283 g/mol. The first-order valence-corrected chi connectivity index (χ1v) is 6.97. The minimum atomic E-state index is -0.474. The van der Waals surface area contributed by atoms with Gasteiger partial charge in [-0.1, -0.05) is 12.1 Å². The number of amides is 1. The zero-order valence-corrected chi connectivity index (χ0v) is 12.6. The summed E-state index contributed by atoms with van der Waals surface area (Å²) in [5.74, 6) is -0.914. The van der Waals surface area contributed by atoms with Crippen LogP contribution in [0.4, 0.5) is 15.8 Å². The minimum absolute atomic E-state index is 0.141. The molecule has 0 unspecified atom stereocenters. The summed E-state index contributed by atoms with van der Waals surface area (Å²) < 4.78 is 13.5. The van der Waals surface area contributed by atoms with Gasteiger partial charge in [0.25, 0.3) is 5.91 Å². The Morgan fingerprint density at radius 2 is 2.00 bits per heavy atom. The normalized spacial score (nSPS) is 10.5. The lowest BCUT2D eigenvalue weighted by molar-refractivity contribution is 0.102. The number of carbonyl (C=O) groups excluding carboxylic acids is 1. The van der Waals surface area contributed by atoms with Gasteiger partial charge in [-0.3, -0.25) is 4.79 Å². The van der Waals surface area contributed by atoms with Crippen molar-refractivity contribution >= 4 is 17.3 Å². The van der Waals surface area contributed by atoms with Gasteiger partial charge in [-0.25, -0.2) is 9.37 Å². The van der Waals surface area contributed by atoms with E-state index in [-0.39, 0.29) is 11.4 Å². The first kappa shape index (κ1) is 15.9. The van der Waals surface area contributed by atoms with Crippen LogP contribution in [0.5, 0.6) is 0 Å². The van der Waals surface area contributed by atoms with E-state index in [1.165, 1.54) is 12.1 Å². The molecule has 0 radical (unpaired) electrons. The van der Waals surface area contributed by atoms with E-state index >= 15 is 0 Å². The van der Waals surface area contributed by atoms with E-state index in [1.807, 2.05) is 14.1 Å². The summed E-state index contributed by atoms with van der Waals surface area (Å²) in [6.45, 7) is 1.69. The van der Waals surface area contributed by atoms with Crippen LogP contribution >= 0.6 is 0 Å². The Kier molecular flexibility index (Phi) is 5.43. The Balaban J connectivity index is 1.95. The number of halogens is 1. The van der Waals surface area contributed by atoms with Gasteiger partial charge in [0.2, 0.25) is 0 Å². The molecule has 6 heteroatoms. The van der Waals surface area contributed by atoms with E-state index in [4.69, 9.17) is 0 Å². The maximum atomic E-state index is 13.5. The summed E-state index contributed by atoms with van der Waals surface area (Å²) in [5, 5.41) is 5.71. The standard InChI is InChI=1S/C16H19FN4O/c1-21(2)10-9-18-12-7-8-15(19-11-12)16(22)20-14-6-4-3-5-13(14)17/h3-8,11,18H,9-10H2,1-2H3,(H,20,22). The molecule has 116 valence electrons. The fourth-order valence-corrected chi connectivity index (χ4v) is 1.81. The second-order valence-electron chi connectivity index (χ2n) is 5.10. The summed E-state index contributed by atoms with van der Waals surface area (Å²) >= 11 is 0. The number of hydrogen-bond acceptors (Lipinski definition) is 4. The maximum Gasteiger partial charge on any atom is 0.274 e. The number of nitrogens with zero attached hydrogens (tertiary/aromatic N) is 2. The summed E-state index contributed by atoms with van der Waals surface area (Å²) in [6.07, 6.45) is 1.59. The average Bonchev–Trinajstić information content (AvgIpc) is 2.50. The number of rotatable bonds is 6. The molecule has 1 heterocycles. The lowest BCUT2D eigenvalue weighted by Crippen LogP contribution is -2.21. The number of pyridine rings is 1. The monoisotopic (exact) mass is 302 g/mol. The van der Waals surface area contributed by atoms with Crippen LogP contribution in [0, 0.1) is 5.82 Å². The molecule has 0 aliphatic carbocycles. The third-order valence-electron chi connectivity index (χ3n) is 3.01. The van der Waals surface area contributed by atoms with Gasteiger partial charge >= 0.3 is 0 Å². The predicted molar refractivity (Wildman–Crippen MR) is 85.6 cm³/mol. The second kappa shape index (κ2) is 7.51. The molecular formula is C16H19FN4O. The highest BCUT2D eigenvalue weighted by Gasteiger charge is 2.10. The van der Waals surface area contributed by atoms with E-state index in [0.29, 0.717) is 0 Å². The summed E-state index contributed by atoms with van der Waals surface area (Å²) in [7, 11) is 3.99. The fraction of sp³-hybridized carbons (Fsp3) is 0.250. The van der Waals surface area contributed by atoms with Crippen LogP contribution in [0.3, 0.4) is 0 Å². The first-order chi connectivity index (χ1) is 10.6. The van der Waals surface area contributed by atoms with Gasteiger partial charge in [0.1, 0.15) is 11.5 Å². The minimum Gasteiger partial charge on any atom is -0.383 e. The Bertz CT molecular complexity index is 628. The van der Waals surface area contributed by atoms with Crippen molar-refractivity contribution in [2.24, 2.45) is 0 Å². The number of hydrogen-bond donors (Lipinski definition) is 2. The number of carbonyl (C=O) groups is 1. The van der Waals surface area contributed by atoms with Crippen molar-refractivity contribution < 1.29 is 9.18 Å². The van der Waals surface area contributed by atoms with Crippen LogP contribution in [0.2, 0.25) is 0 Å². The van der Waals surface area contributed by atoms with E-state index in [1.54, 1.807) is 30.5 Å². The van der Waals surface area contributed by atoms with E-state index in [0.717, 1.165) is 18.8 Å². The largest absolute Gasteiger partial charge is 0.383 e. The maximum absolute atomic E-state index is 13.5. The molecule has 1 aromatic carbocycles. The van der Waals surface area contributed by atoms with E-state index in [2.05, 4.69) is 20.5 Å². The quantitative estimate of drug-likeness (QED) is 0.860. The van der Waals surface area contributed by atoms with E-state index < -0.39 is 11.7 Å². The van der Waals surface area contributed by atoms with Crippen LogP contribution in [0.25, 0.3) is 0 Å². The van der Waals surface area contributed by atoms with Crippen LogP contribution in [-0.4, -0.2) is 43.0 Å². The molecule has 2 N–H and O–H groups in total. The highest BCUT2D eigenvalue weighted by Crippen LogP contribution is 2.14. The molecule has 5 nitrogen and oxygen atoms in total. The number of benzene rings is 1. The molecule has 2 aromatic rings. The van der Waals surface area contributed by atoms with Gasteiger partial charge in [-0.15, -0.1) is 0 Å². The summed E-state index contributed by atoms with van der Waals surface area (Å²) in [4.78, 5) is 18.2. The van der Waals surface area contributed by atoms with E-state index in [9.17, 15) is 9.18 Å². The molecule has 22 heavy (non-hydrogen) atoms. The van der Waals surface area contributed by atoms with Crippen molar-refractivity contribution in [3.63, 3.8) is 0 Å². The summed E-state index contributed by atoms with van der Waals surface area (Å²) in [6, 6.07) is 9.40. The van der Waals surface area contributed by atoms with Crippen molar-refractivity contribution in [2.45, 2.75) is 0 Å². The zero-order valence-electron chi connectivity index (χ0n) is 12.6. The molecule has 0 aliphatic rings. The van der Waals surface area contributed by atoms with Crippen molar-refractivity contribution in [1.29, 1.82) is 0 Å². The number of aromatic nitrogens is 1. The smallest absolute Gasteiger partial charge is 0.274 e. The van der Waals surface area contributed by atoms with Crippen molar-refractivity contribution in [3.8, 4) is 0 Å². The zero-order chi connectivity index (χ0) is 15.9. The van der Waals surface area contributed by atoms with Crippen molar-refractivity contribution in [3.05, 3.63) is 54.1 Å². The third kappa shape index (κ3) is 4.53.